The molecule has 1 fully saturated rings. The first kappa shape index (κ1) is 23.4. The maximum absolute atomic E-state index is 13.0. The minimum Gasteiger partial charge on any atom is -0.497 e. The summed E-state index contributed by atoms with van der Waals surface area (Å²) in [7, 11) is 3.28. The smallest absolute Gasteiger partial charge is 0.318 e. The summed E-state index contributed by atoms with van der Waals surface area (Å²) in [6, 6.07) is 13.0. The Labute approximate surface area is 199 Å². The van der Waals surface area contributed by atoms with Gasteiger partial charge < -0.3 is 29.3 Å². The van der Waals surface area contributed by atoms with Crippen LogP contribution in [0.2, 0.25) is 0 Å². The molecule has 2 amide bonds. The molecule has 0 spiro atoms. The molecule has 1 aliphatic heterocycles. The Morgan fingerprint density at radius 1 is 1.00 bits per heavy atom. The summed E-state index contributed by atoms with van der Waals surface area (Å²) in [5.74, 6) is 1.93. The fourth-order valence-corrected chi connectivity index (χ4v) is 4.01. The lowest BCUT2D eigenvalue weighted by molar-refractivity contribution is 0.190. The second-order valence-corrected chi connectivity index (χ2v) is 8.05. The third kappa shape index (κ3) is 5.08. The highest BCUT2D eigenvalue weighted by molar-refractivity contribution is 5.77. The summed E-state index contributed by atoms with van der Waals surface area (Å²) in [4.78, 5) is 26.4. The van der Waals surface area contributed by atoms with E-state index in [1.165, 1.54) is 0 Å². The fourth-order valence-electron chi connectivity index (χ4n) is 4.01. The highest BCUT2D eigenvalue weighted by atomic mass is 16.5. The summed E-state index contributed by atoms with van der Waals surface area (Å²) in [6.45, 7) is 6.88. The van der Waals surface area contributed by atoms with E-state index < -0.39 is 0 Å². The van der Waals surface area contributed by atoms with Crippen molar-refractivity contribution in [2.75, 3.05) is 51.9 Å². The van der Waals surface area contributed by atoms with Crippen LogP contribution >= 0.6 is 0 Å². The Balaban J connectivity index is 1.42. The number of fused-ring (bicyclic) bond motifs is 1. The van der Waals surface area contributed by atoms with Gasteiger partial charge >= 0.3 is 6.03 Å². The number of urea groups is 1. The van der Waals surface area contributed by atoms with Crippen molar-refractivity contribution < 1.29 is 19.0 Å². The standard InChI is InChI=1S/C25H31N5O4/c1-5-34-24-23(27-21-8-6-7-9-22(21)28-24)17(2)26-25(31)30-12-10-29(11-13-30)18-14-19(32-3)16-20(15-18)33-4/h6-9,14-17H,5,10-13H2,1-4H3,(H,26,31). The monoisotopic (exact) mass is 465 g/mol. The Bertz CT molecular complexity index is 1130. The minimum atomic E-state index is -0.355. The van der Waals surface area contributed by atoms with Gasteiger partial charge in [-0.05, 0) is 26.0 Å². The fraction of sp³-hybridized carbons (Fsp3) is 0.400. The van der Waals surface area contributed by atoms with Crippen molar-refractivity contribution in [1.82, 2.24) is 20.2 Å². The number of nitrogens with one attached hydrogen (secondary N) is 1. The molecule has 0 radical (unpaired) electrons. The number of carbonyl (C=O) groups is 1. The summed E-state index contributed by atoms with van der Waals surface area (Å²) in [6.07, 6.45) is 0. The topological polar surface area (TPSA) is 89.1 Å². The van der Waals surface area contributed by atoms with Gasteiger partial charge in [0.25, 0.3) is 0 Å². The third-order valence-electron chi connectivity index (χ3n) is 5.86. The predicted molar refractivity (Wildman–Crippen MR) is 131 cm³/mol. The van der Waals surface area contributed by atoms with Gasteiger partial charge in [-0.3, -0.25) is 0 Å². The van der Waals surface area contributed by atoms with Crippen molar-refractivity contribution >= 4 is 22.8 Å². The predicted octanol–water partition coefficient (Wildman–Crippen LogP) is 3.64. The van der Waals surface area contributed by atoms with Crippen molar-refractivity contribution in [3.05, 3.63) is 48.2 Å². The molecule has 4 rings (SSSR count). The van der Waals surface area contributed by atoms with Gasteiger partial charge in [-0.15, -0.1) is 0 Å². The average molecular weight is 466 g/mol. The van der Waals surface area contributed by atoms with E-state index in [1.807, 2.05) is 61.2 Å². The van der Waals surface area contributed by atoms with Crippen LogP contribution in [0.5, 0.6) is 17.4 Å². The molecule has 0 bridgehead atoms. The van der Waals surface area contributed by atoms with E-state index in [1.54, 1.807) is 14.2 Å². The van der Waals surface area contributed by atoms with Crippen LogP contribution in [0.1, 0.15) is 25.6 Å². The van der Waals surface area contributed by atoms with Crippen LogP contribution < -0.4 is 24.4 Å². The number of carbonyl (C=O) groups excluding carboxylic acids is 1. The zero-order chi connectivity index (χ0) is 24.1. The van der Waals surface area contributed by atoms with Crippen molar-refractivity contribution in [2.45, 2.75) is 19.9 Å². The number of hydrogen-bond donors (Lipinski definition) is 1. The van der Waals surface area contributed by atoms with Crippen molar-refractivity contribution in [3.63, 3.8) is 0 Å². The van der Waals surface area contributed by atoms with Crippen molar-refractivity contribution in [3.8, 4) is 17.4 Å². The lowest BCUT2D eigenvalue weighted by atomic mass is 10.2. The number of methoxy groups -OCH3 is 2. The SMILES string of the molecule is CCOc1nc2ccccc2nc1C(C)NC(=O)N1CCN(c2cc(OC)cc(OC)c2)CC1. The molecule has 1 saturated heterocycles. The van der Waals surface area contributed by atoms with E-state index in [0.717, 1.165) is 28.2 Å². The first-order valence-electron chi connectivity index (χ1n) is 11.4. The third-order valence-corrected chi connectivity index (χ3v) is 5.86. The van der Waals surface area contributed by atoms with E-state index in [0.29, 0.717) is 44.4 Å². The molecule has 9 heteroatoms. The molecule has 2 heterocycles. The molecule has 9 nitrogen and oxygen atoms in total. The number of rotatable bonds is 7. The van der Waals surface area contributed by atoms with Gasteiger partial charge in [0.05, 0.1) is 37.9 Å². The Morgan fingerprint density at radius 2 is 1.62 bits per heavy atom. The molecule has 0 saturated carbocycles. The number of para-hydroxylation sites is 2. The number of aromatic nitrogens is 2. The quantitative estimate of drug-likeness (QED) is 0.570. The lowest BCUT2D eigenvalue weighted by Gasteiger charge is -2.36. The number of piperazine rings is 1. The molecule has 180 valence electrons. The van der Waals surface area contributed by atoms with E-state index in [-0.39, 0.29) is 12.1 Å². The van der Waals surface area contributed by atoms with Crippen LogP contribution in [0, 0.1) is 0 Å². The minimum absolute atomic E-state index is 0.132. The van der Waals surface area contributed by atoms with E-state index in [4.69, 9.17) is 19.2 Å². The summed E-state index contributed by atoms with van der Waals surface area (Å²) < 4.78 is 16.5. The Morgan fingerprint density at radius 3 is 2.21 bits per heavy atom. The van der Waals surface area contributed by atoms with Gasteiger partial charge in [-0.2, -0.15) is 0 Å². The second kappa shape index (κ2) is 10.5. The maximum atomic E-state index is 13.0. The van der Waals surface area contributed by atoms with Gasteiger partial charge in [-0.1, -0.05) is 12.1 Å². The molecular weight excluding hydrogens is 434 g/mol. The van der Waals surface area contributed by atoms with Crippen molar-refractivity contribution in [2.24, 2.45) is 0 Å². The molecule has 3 aromatic rings. The number of hydrogen-bond acceptors (Lipinski definition) is 7. The largest absolute Gasteiger partial charge is 0.497 e. The summed E-state index contributed by atoms with van der Waals surface area (Å²) in [5.41, 5.74) is 3.16. The number of nitrogens with zero attached hydrogens (tertiary/aromatic N) is 4. The van der Waals surface area contributed by atoms with Gasteiger partial charge in [-0.25, -0.2) is 14.8 Å². The summed E-state index contributed by atoms with van der Waals surface area (Å²) >= 11 is 0. The molecular formula is C25H31N5O4. The van der Waals surface area contributed by atoms with Gasteiger partial charge in [0.1, 0.15) is 17.2 Å². The molecule has 1 aliphatic rings. The van der Waals surface area contributed by atoms with E-state index in [9.17, 15) is 4.79 Å². The number of benzene rings is 2. The lowest BCUT2D eigenvalue weighted by Crippen LogP contribution is -2.52. The number of amides is 2. The van der Waals surface area contributed by atoms with Crippen LogP contribution in [-0.4, -0.2) is 67.9 Å². The molecule has 2 aromatic carbocycles. The second-order valence-electron chi connectivity index (χ2n) is 8.05. The molecule has 1 N–H and O–H groups in total. The van der Waals surface area contributed by atoms with Crippen LogP contribution in [0.25, 0.3) is 11.0 Å². The zero-order valence-corrected chi connectivity index (χ0v) is 20.1. The number of anilines is 1. The van der Waals surface area contributed by atoms with Gasteiger partial charge in [0.15, 0.2) is 0 Å². The molecule has 34 heavy (non-hydrogen) atoms. The molecule has 1 aromatic heterocycles. The van der Waals surface area contributed by atoms with Crippen LogP contribution in [-0.2, 0) is 0 Å². The highest BCUT2D eigenvalue weighted by Crippen LogP contribution is 2.29. The molecule has 1 atom stereocenters. The van der Waals surface area contributed by atoms with Gasteiger partial charge in [0.2, 0.25) is 5.88 Å². The molecule has 0 aliphatic carbocycles. The average Bonchev–Trinajstić information content (AvgIpc) is 2.88. The number of ether oxygens (including phenoxy) is 3. The van der Waals surface area contributed by atoms with E-state index in [2.05, 4.69) is 15.2 Å². The summed E-state index contributed by atoms with van der Waals surface area (Å²) in [5, 5.41) is 3.07. The first-order valence-corrected chi connectivity index (χ1v) is 11.4. The molecule has 1 unspecified atom stereocenters. The zero-order valence-electron chi connectivity index (χ0n) is 20.1. The normalized spacial score (nSPS) is 14.6. The maximum Gasteiger partial charge on any atom is 0.318 e. The van der Waals surface area contributed by atoms with Crippen LogP contribution in [0.15, 0.2) is 42.5 Å². The van der Waals surface area contributed by atoms with E-state index >= 15 is 0 Å². The van der Waals surface area contributed by atoms with Crippen LogP contribution in [0.4, 0.5) is 10.5 Å². The van der Waals surface area contributed by atoms with Gasteiger partial charge in [0, 0.05) is 50.1 Å². The Kier molecular flexibility index (Phi) is 7.20. The van der Waals surface area contributed by atoms with Crippen molar-refractivity contribution in [1.29, 1.82) is 0 Å². The Hall–Kier alpha value is -3.75. The van der Waals surface area contributed by atoms with Crippen LogP contribution in [0.3, 0.4) is 0 Å². The highest BCUT2D eigenvalue weighted by Gasteiger charge is 2.25. The first-order chi connectivity index (χ1) is 16.5.